The molecule has 1 aliphatic rings. The highest BCUT2D eigenvalue weighted by Crippen LogP contribution is 2.21. The zero-order valence-corrected chi connectivity index (χ0v) is 19.1. The van der Waals surface area contributed by atoms with Crippen LogP contribution in [0.1, 0.15) is 21.7 Å². The predicted octanol–water partition coefficient (Wildman–Crippen LogP) is 4.62. The number of benzene rings is 2. The van der Waals surface area contributed by atoms with Gasteiger partial charge in [-0.2, -0.15) is 0 Å². The SMILES string of the molecule is O=C(c1cc(F)ccc1Cl)N1CCN(Cc2cc(=O)c(OCc3ccccc3Cl)co2)CC1. The average Bonchev–Trinajstić information content (AvgIpc) is 2.81. The number of ether oxygens (including phenoxy) is 1. The fourth-order valence-corrected chi connectivity index (χ4v) is 3.95. The van der Waals surface area contributed by atoms with Crippen LogP contribution in [0.3, 0.4) is 0 Å². The van der Waals surface area contributed by atoms with Crippen LogP contribution < -0.4 is 10.2 Å². The van der Waals surface area contributed by atoms with Crippen molar-refractivity contribution in [2.24, 2.45) is 0 Å². The molecule has 0 N–H and O–H groups in total. The lowest BCUT2D eigenvalue weighted by Crippen LogP contribution is -2.48. The number of hydrogen-bond acceptors (Lipinski definition) is 5. The van der Waals surface area contributed by atoms with E-state index in [0.29, 0.717) is 43.5 Å². The molecular formula is C24H21Cl2FN2O4. The Morgan fingerprint density at radius 2 is 1.79 bits per heavy atom. The smallest absolute Gasteiger partial charge is 0.255 e. The molecule has 1 aliphatic heterocycles. The van der Waals surface area contributed by atoms with E-state index in [4.69, 9.17) is 32.4 Å². The molecule has 0 unspecified atom stereocenters. The van der Waals surface area contributed by atoms with Crippen molar-refractivity contribution in [2.75, 3.05) is 26.2 Å². The topological polar surface area (TPSA) is 63.0 Å². The highest BCUT2D eigenvalue weighted by molar-refractivity contribution is 6.33. The minimum atomic E-state index is -0.504. The molecule has 1 amide bonds. The Bertz CT molecular complexity index is 1210. The van der Waals surface area contributed by atoms with Crippen LogP contribution in [0.15, 0.2) is 64.0 Å². The summed E-state index contributed by atoms with van der Waals surface area (Å²) in [6, 6.07) is 12.4. The summed E-state index contributed by atoms with van der Waals surface area (Å²) in [4.78, 5) is 28.8. The minimum Gasteiger partial charge on any atom is -0.482 e. The molecule has 2 aromatic carbocycles. The van der Waals surface area contributed by atoms with Crippen molar-refractivity contribution in [3.8, 4) is 5.75 Å². The van der Waals surface area contributed by atoms with Gasteiger partial charge in [-0.05, 0) is 24.3 Å². The number of halogens is 3. The largest absolute Gasteiger partial charge is 0.482 e. The molecule has 1 fully saturated rings. The maximum atomic E-state index is 13.5. The van der Waals surface area contributed by atoms with Gasteiger partial charge in [-0.15, -0.1) is 0 Å². The normalized spacial score (nSPS) is 14.3. The Balaban J connectivity index is 1.32. The quantitative estimate of drug-likeness (QED) is 0.504. The first-order chi connectivity index (χ1) is 15.9. The Kier molecular flexibility index (Phi) is 7.33. The molecule has 9 heteroatoms. The lowest BCUT2D eigenvalue weighted by Gasteiger charge is -2.34. The molecule has 6 nitrogen and oxygen atoms in total. The Hall–Kier alpha value is -2.87. The number of carbonyl (C=O) groups excluding carboxylic acids is 1. The third-order valence-electron chi connectivity index (χ3n) is 5.39. The first-order valence-corrected chi connectivity index (χ1v) is 11.1. The highest BCUT2D eigenvalue weighted by atomic mass is 35.5. The number of hydrogen-bond donors (Lipinski definition) is 0. The maximum absolute atomic E-state index is 13.5. The Morgan fingerprint density at radius 3 is 2.52 bits per heavy atom. The third kappa shape index (κ3) is 5.74. The molecule has 0 bridgehead atoms. The summed E-state index contributed by atoms with van der Waals surface area (Å²) in [6.45, 7) is 2.64. The van der Waals surface area contributed by atoms with E-state index in [1.807, 2.05) is 18.2 Å². The van der Waals surface area contributed by atoms with Gasteiger partial charge >= 0.3 is 0 Å². The summed E-state index contributed by atoms with van der Waals surface area (Å²) < 4.78 is 24.7. The lowest BCUT2D eigenvalue weighted by atomic mass is 10.1. The molecule has 3 aromatic rings. The van der Waals surface area contributed by atoms with Crippen LogP contribution in [-0.4, -0.2) is 41.9 Å². The van der Waals surface area contributed by atoms with Crippen LogP contribution in [0.5, 0.6) is 5.75 Å². The molecule has 0 radical (unpaired) electrons. The van der Waals surface area contributed by atoms with E-state index in [-0.39, 0.29) is 34.3 Å². The van der Waals surface area contributed by atoms with E-state index in [2.05, 4.69) is 4.90 Å². The summed E-state index contributed by atoms with van der Waals surface area (Å²) in [6.07, 6.45) is 1.31. The van der Waals surface area contributed by atoms with Crippen molar-refractivity contribution >= 4 is 29.1 Å². The van der Waals surface area contributed by atoms with E-state index in [0.717, 1.165) is 11.6 Å². The zero-order chi connectivity index (χ0) is 23.4. The van der Waals surface area contributed by atoms with Gasteiger partial charge in [0.2, 0.25) is 11.2 Å². The highest BCUT2D eigenvalue weighted by Gasteiger charge is 2.24. The monoisotopic (exact) mass is 490 g/mol. The molecule has 0 atom stereocenters. The van der Waals surface area contributed by atoms with Crippen LogP contribution in [0, 0.1) is 5.82 Å². The number of rotatable bonds is 6. The molecular weight excluding hydrogens is 470 g/mol. The summed E-state index contributed by atoms with van der Waals surface area (Å²) in [5.41, 5.74) is 0.649. The Morgan fingerprint density at radius 1 is 1.03 bits per heavy atom. The van der Waals surface area contributed by atoms with Gasteiger partial charge in [0.25, 0.3) is 5.91 Å². The minimum absolute atomic E-state index is 0.112. The molecule has 1 aromatic heterocycles. The van der Waals surface area contributed by atoms with Crippen LogP contribution in [0.4, 0.5) is 4.39 Å². The Labute approximate surface area is 200 Å². The van der Waals surface area contributed by atoms with Crippen LogP contribution in [0.2, 0.25) is 10.0 Å². The van der Waals surface area contributed by atoms with Crippen LogP contribution in [0.25, 0.3) is 0 Å². The van der Waals surface area contributed by atoms with Gasteiger partial charge in [0.05, 0.1) is 17.1 Å². The van der Waals surface area contributed by atoms with E-state index in [9.17, 15) is 14.0 Å². The van der Waals surface area contributed by atoms with Crippen molar-refractivity contribution in [3.05, 3.63) is 97.8 Å². The van der Waals surface area contributed by atoms with Gasteiger partial charge in [-0.3, -0.25) is 14.5 Å². The van der Waals surface area contributed by atoms with Gasteiger partial charge in [-0.25, -0.2) is 4.39 Å². The summed E-state index contributed by atoms with van der Waals surface area (Å²) in [5.74, 6) is -0.194. The first kappa shape index (κ1) is 23.3. The second-order valence-electron chi connectivity index (χ2n) is 7.65. The van der Waals surface area contributed by atoms with Crippen LogP contribution >= 0.6 is 23.2 Å². The number of nitrogens with zero attached hydrogens (tertiary/aromatic N) is 2. The molecule has 4 rings (SSSR count). The fourth-order valence-electron chi connectivity index (χ4n) is 3.56. The van der Waals surface area contributed by atoms with Crippen molar-refractivity contribution in [1.29, 1.82) is 0 Å². The van der Waals surface area contributed by atoms with Crippen LogP contribution in [-0.2, 0) is 13.2 Å². The average molecular weight is 491 g/mol. The summed E-state index contributed by atoms with van der Waals surface area (Å²) in [5, 5.41) is 0.790. The molecule has 2 heterocycles. The van der Waals surface area contributed by atoms with Gasteiger partial charge in [-0.1, -0.05) is 41.4 Å². The molecule has 0 aliphatic carbocycles. The molecule has 172 valence electrons. The summed E-state index contributed by atoms with van der Waals surface area (Å²) in [7, 11) is 0. The van der Waals surface area contributed by atoms with Gasteiger partial charge in [0.1, 0.15) is 24.4 Å². The third-order valence-corrected chi connectivity index (χ3v) is 6.09. The summed E-state index contributed by atoms with van der Waals surface area (Å²) >= 11 is 12.2. The maximum Gasteiger partial charge on any atom is 0.255 e. The number of piperazine rings is 1. The van der Waals surface area contributed by atoms with E-state index in [1.54, 1.807) is 11.0 Å². The lowest BCUT2D eigenvalue weighted by molar-refractivity contribution is 0.0619. The first-order valence-electron chi connectivity index (χ1n) is 10.4. The molecule has 0 saturated carbocycles. The van der Waals surface area contributed by atoms with Crippen molar-refractivity contribution in [3.63, 3.8) is 0 Å². The molecule has 0 spiro atoms. The molecule has 1 saturated heterocycles. The van der Waals surface area contributed by atoms with Gasteiger partial charge < -0.3 is 14.1 Å². The number of amides is 1. The second-order valence-corrected chi connectivity index (χ2v) is 8.46. The van der Waals surface area contributed by atoms with Crippen molar-refractivity contribution < 1.29 is 18.3 Å². The van der Waals surface area contributed by atoms with Crippen molar-refractivity contribution in [1.82, 2.24) is 9.80 Å². The fraction of sp³-hybridized carbons (Fsp3) is 0.250. The van der Waals surface area contributed by atoms with E-state index < -0.39 is 5.82 Å². The molecule has 33 heavy (non-hydrogen) atoms. The zero-order valence-electron chi connectivity index (χ0n) is 17.6. The van der Waals surface area contributed by atoms with E-state index in [1.165, 1.54) is 24.5 Å². The number of carbonyl (C=O) groups is 1. The standard InChI is InChI=1S/C24H21Cl2FN2O4/c25-20-4-2-1-3-16(20)14-33-23-15-32-18(12-22(23)30)13-28-7-9-29(10-8-28)24(31)19-11-17(27)5-6-21(19)26/h1-6,11-12,15H,7-10,13-14H2. The van der Waals surface area contributed by atoms with Gasteiger partial charge in [0, 0.05) is 42.8 Å². The second kappa shape index (κ2) is 10.4. The van der Waals surface area contributed by atoms with Crippen molar-refractivity contribution in [2.45, 2.75) is 13.2 Å². The predicted molar refractivity (Wildman–Crippen MR) is 123 cm³/mol. The van der Waals surface area contributed by atoms with E-state index >= 15 is 0 Å². The van der Waals surface area contributed by atoms with Gasteiger partial charge in [0.15, 0.2) is 0 Å².